The molecule has 0 saturated heterocycles. The normalized spacial score (nSPS) is 12.4. The fourth-order valence-corrected chi connectivity index (χ4v) is 0.793. The third-order valence-corrected chi connectivity index (χ3v) is 1.49. The predicted octanol–water partition coefficient (Wildman–Crippen LogP) is -0.0678. The van der Waals surface area contributed by atoms with E-state index in [1.54, 1.807) is 13.8 Å². The Morgan fingerprint density at radius 3 is 2.50 bits per heavy atom. The Bertz CT molecular complexity index is 252. The van der Waals surface area contributed by atoms with Gasteiger partial charge in [-0.2, -0.15) is 0 Å². The third kappa shape index (κ3) is 5.55. The molecule has 0 aliphatic heterocycles. The van der Waals surface area contributed by atoms with Crippen LogP contribution in [0.1, 0.15) is 13.8 Å². The molecule has 0 spiro atoms. The maximum atomic E-state index is 10.7. The summed E-state index contributed by atoms with van der Waals surface area (Å²) in [5, 5.41) is 18.5. The Hall–Kier alpha value is -1.07. The minimum Gasteiger partial charge on any atom is -0.389 e. The van der Waals surface area contributed by atoms with Gasteiger partial charge in [0.1, 0.15) is 5.17 Å². The first-order valence-corrected chi connectivity index (χ1v) is 4.32. The van der Waals surface area contributed by atoms with Crippen molar-refractivity contribution in [2.45, 2.75) is 19.4 Å². The quantitative estimate of drug-likeness (QED) is 0.385. The number of carbonyl (C=O) groups excluding carboxylic acids is 1. The van der Waals surface area contributed by atoms with Crippen molar-refractivity contribution in [1.82, 2.24) is 5.32 Å². The Morgan fingerprint density at radius 2 is 2.21 bits per heavy atom. The van der Waals surface area contributed by atoms with Crippen molar-refractivity contribution in [3.63, 3.8) is 0 Å². The van der Waals surface area contributed by atoms with Crippen LogP contribution >= 0.6 is 11.6 Å². The van der Waals surface area contributed by atoms with E-state index in [0.29, 0.717) is 0 Å². The van der Waals surface area contributed by atoms with Gasteiger partial charge in [0, 0.05) is 12.7 Å². The molecular formula is C8H14ClN3O2. The lowest BCUT2D eigenvalue weighted by atomic mass is 10.1. The van der Waals surface area contributed by atoms with Gasteiger partial charge in [0.05, 0.1) is 11.2 Å². The highest BCUT2D eigenvalue weighted by Gasteiger charge is 2.12. The standard InChI is InChI=1S/C8H14ClN3O2/c1-8(2,14)4-12-3-5(6(9)10)7(11)13/h3,10,12,14H,4H2,1-2H3,(H2,11,13)/b5-3+,10-6?. The summed E-state index contributed by atoms with van der Waals surface area (Å²) in [7, 11) is 0. The molecule has 0 fully saturated rings. The van der Waals surface area contributed by atoms with Gasteiger partial charge in [0.15, 0.2) is 0 Å². The van der Waals surface area contributed by atoms with Gasteiger partial charge in [-0.15, -0.1) is 0 Å². The van der Waals surface area contributed by atoms with Crippen molar-refractivity contribution in [1.29, 1.82) is 5.41 Å². The first-order chi connectivity index (χ1) is 6.24. The fraction of sp³-hybridized carbons (Fsp3) is 0.500. The van der Waals surface area contributed by atoms with Gasteiger partial charge in [-0.1, -0.05) is 11.6 Å². The molecule has 0 aromatic carbocycles. The number of hydrogen-bond donors (Lipinski definition) is 4. The van der Waals surface area contributed by atoms with E-state index in [2.05, 4.69) is 5.32 Å². The van der Waals surface area contributed by atoms with E-state index in [-0.39, 0.29) is 12.1 Å². The van der Waals surface area contributed by atoms with Gasteiger partial charge in [-0.3, -0.25) is 10.2 Å². The molecule has 5 nitrogen and oxygen atoms in total. The predicted molar refractivity (Wildman–Crippen MR) is 55.2 cm³/mol. The van der Waals surface area contributed by atoms with E-state index in [4.69, 9.17) is 22.7 Å². The zero-order chi connectivity index (χ0) is 11.4. The smallest absolute Gasteiger partial charge is 0.253 e. The molecule has 0 bridgehead atoms. The number of halogens is 1. The largest absolute Gasteiger partial charge is 0.389 e. The van der Waals surface area contributed by atoms with Crippen molar-refractivity contribution >= 4 is 22.7 Å². The summed E-state index contributed by atoms with van der Waals surface area (Å²) in [6.07, 6.45) is 1.22. The van der Waals surface area contributed by atoms with E-state index in [1.807, 2.05) is 0 Å². The van der Waals surface area contributed by atoms with Gasteiger partial charge in [0.2, 0.25) is 0 Å². The summed E-state index contributed by atoms with van der Waals surface area (Å²) in [6, 6.07) is 0. The van der Waals surface area contributed by atoms with Crippen molar-refractivity contribution in [2.24, 2.45) is 5.73 Å². The fourth-order valence-electron chi connectivity index (χ4n) is 0.646. The average molecular weight is 220 g/mol. The first kappa shape index (κ1) is 12.9. The highest BCUT2D eigenvalue weighted by atomic mass is 35.5. The van der Waals surface area contributed by atoms with Gasteiger partial charge >= 0.3 is 0 Å². The highest BCUT2D eigenvalue weighted by Crippen LogP contribution is 2.00. The van der Waals surface area contributed by atoms with Crippen LogP contribution in [-0.2, 0) is 4.79 Å². The zero-order valence-electron chi connectivity index (χ0n) is 8.10. The maximum absolute atomic E-state index is 10.7. The van der Waals surface area contributed by atoms with Crippen molar-refractivity contribution in [2.75, 3.05) is 6.54 Å². The SMILES string of the molecule is CC(C)(O)CN/C=C(\C(=N)Cl)C(N)=O. The van der Waals surface area contributed by atoms with E-state index in [1.165, 1.54) is 6.20 Å². The van der Waals surface area contributed by atoms with Crippen LogP contribution < -0.4 is 11.1 Å². The summed E-state index contributed by atoms with van der Waals surface area (Å²) in [6.45, 7) is 3.43. The second-order valence-corrected chi connectivity index (χ2v) is 3.81. The van der Waals surface area contributed by atoms with Crippen molar-refractivity contribution in [3.05, 3.63) is 11.8 Å². The minimum atomic E-state index is -0.909. The van der Waals surface area contributed by atoms with Gasteiger partial charge in [-0.25, -0.2) is 0 Å². The number of nitrogens with one attached hydrogen (secondary N) is 2. The Labute approximate surface area is 87.4 Å². The maximum Gasteiger partial charge on any atom is 0.253 e. The molecule has 0 unspecified atom stereocenters. The molecular weight excluding hydrogens is 206 g/mol. The third-order valence-electron chi connectivity index (χ3n) is 1.28. The second kappa shape index (κ2) is 4.97. The number of carbonyl (C=O) groups is 1. The first-order valence-electron chi connectivity index (χ1n) is 3.94. The topological polar surface area (TPSA) is 99.2 Å². The molecule has 0 aromatic rings. The van der Waals surface area contributed by atoms with Crippen LogP contribution in [0.25, 0.3) is 0 Å². The van der Waals surface area contributed by atoms with Crippen LogP contribution in [0.5, 0.6) is 0 Å². The summed E-state index contributed by atoms with van der Waals surface area (Å²) in [4.78, 5) is 10.7. The number of rotatable bonds is 5. The Balaban J connectivity index is 4.33. The van der Waals surface area contributed by atoms with E-state index >= 15 is 0 Å². The average Bonchev–Trinajstić information content (AvgIpc) is 1.94. The number of amides is 1. The molecule has 0 aromatic heterocycles. The molecule has 0 rings (SSSR count). The second-order valence-electron chi connectivity index (χ2n) is 3.43. The van der Waals surface area contributed by atoms with Crippen LogP contribution in [0.2, 0.25) is 0 Å². The van der Waals surface area contributed by atoms with Gasteiger partial charge in [0.25, 0.3) is 5.91 Å². The molecule has 80 valence electrons. The molecule has 1 amide bonds. The Morgan fingerprint density at radius 1 is 1.71 bits per heavy atom. The molecule has 6 heteroatoms. The number of aliphatic hydroxyl groups is 1. The number of primary amides is 1. The van der Waals surface area contributed by atoms with Crippen LogP contribution in [0.4, 0.5) is 0 Å². The monoisotopic (exact) mass is 219 g/mol. The summed E-state index contributed by atoms with van der Waals surface area (Å²) < 4.78 is 0. The van der Waals surface area contributed by atoms with Crippen molar-refractivity contribution < 1.29 is 9.90 Å². The molecule has 0 heterocycles. The van der Waals surface area contributed by atoms with Crippen LogP contribution in [0.3, 0.4) is 0 Å². The van der Waals surface area contributed by atoms with Crippen molar-refractivity contribution in [3.8, 4) is 0 Å². The van der Waals surface area contributed by atoms with Crippen LogP contribution in [-0.4, -0.2) is 28.3 Å². The molecule has 5 N–H and O–H groups in total. The van der Waals surface area contributed by atoms with Gasteiger partial charge < -0.3 is 16.2 Å². The van der Waals surface area contributed by atoms with E-state index in [0.717, 1.165) is 0 Å². The zero-order valence-corrected chi connectivity index (χ0v) is 8.85. The van der Waals surface area contributed by atoms with E-state index in [9.17, 15) is 9.90 Å². The summed E-state index contributed by atoms with van der Waals surface area (Å²) >= 11 is 5.30. The molecule has 0 aliphatic carbocycles. The highest BCUT2D eigenvalue weighted by molar-refractivity contribution is 6.71. The lowest BCUT2D eigenvalue weighted by Gasteiger charge is -2.16. The number of hydrogen-bond acceptors (Lipinski definition) is 4. The van der Waals surface area contributed by atoms with Crippen LogP contribution in [0, 0.1) is 5.41 Å². The lowest BCUT2D eigenvalue weighted by Crippen LogP contribution is -2.33. The molecule has 0 atom stereocenters. The Kier molecular flexibility index (Phi) is 4.59. The molecule has 0 saturated carbocycles. The van der Waals surface area contributed by atoms with Gasteiger partial charge in [-0.05, 0) is 13.8 Å². The summed E-state index contributed by atoms with van der Waals surface area (Å²) in [5.74, 6) is -0.784. The molecule has 0 radical (unpaired) electrons. The van der Waals surface area contributed by atoms with Crippen LogP contribution in [0.15, 0.2) is 11.8 Å². The molecule has 14 heavy (non-hydrogen) atoms. The summed E-state index contributed by atoms with van der Waals surface area (Å²) in [5.41, 5.74) is 3.93. The van der Waals surface area contributed by atoms with E-state index < -0.39 is 16.7 Å². The minimum absolute atomic E-state index is 0.115. The molecule has 0 aliphatic rings. The number of nitrogens with two attached hydrogens (primary N) is 1. The lowest BCUT2D eigenvalue weighted by molar-refractivity contribution is -0.114.